The van der Waals surface area contributed by atoms with E-state index in [2.05, 4.69) is 14.1 Å². The van der Waals surface area contributed by atoms with Crippen LogP contribution in [0.4, 0.5) is 0 Å². The first-order valence-electron chi connectivity index (χ1n) is 5.11. The smallest absolute Gasteiger partial charge is 0.372 e. The quantitative estimate of drug-likeness (QED) is 0.801. The minimum atomic E-state index is -3.65. The summed E-state index contributed by atoms with van der Waals surface area (Å²) in [5.74, 6) is -0.880. The number of benzene rings is 1. The maximum Gasteiger partial charge on any atom is 0.419 e. The number of fused-ring (bicyclic) bond motifs is 1. The van der Waals surface area contributed by atoms with Crippen molar-refractivity contribution in [1.82, 2.24) is 9.71 Å². The molecule has 1 aromatic heterocycles. The molecular formula is C10H10N2O5S. The van der Waals surface area contributed by atoms with Crippen LogP contribution in [-0.2, 0) is 10.0 Å². The average Bonchev–Trinajstić information content (AvgIpc) is 2.28. The van der Waals surface area contributed by atoms with E-state index < -0.39 is 21.4 Å². The van der Waals surface area contributed by atoms with Crippen LogP contribution in [0.15, 0.2) is 37.1 Å². The van der Waals surface area contributed by atoms with Crippen molar-refractivity contribution in [2.45, 2.75) is 11.8 Å². The van der Waals surface area contributed by atoms with E-state index >= 15 is 0 Å². The van der Waals surface area contributed by atoms with Gasteiger partial charge in [0, 0.05) is 6.54 Å². The normalized spacial score (nSPS) is 11.8. The fourth-order valence-corrected chi connectivity index (χ4v) is 2.58. The molecule has 96 valence electrons. The van der Waals surface area contributed by atoms with Gasteiger partial charge in [0.15, 0.2) is 0 Å². The third kappa shape index (κ3) is 2.20. The Hall–Kier alpha value is -1.93. The molecule has 0 saturated carbocycles. The second-order valence-electron chi connectivity index (χ2n) is 3.51. The van der Waals surface area contributed by atoms with Crippen molar-refractivity contribution in [3.05, 3.63) is 39.2 Å². The summed E-state index contributed by atoms with van der Waals surface area (Å²) >= 11 is 0. The van der Waals surface area contributed by atoms with Gasteiger partial charge in [0.2, 0.25) is 10.0 Å². The summed E-state index contributed by atoms with van der Waals surface area (Å²) in [5, 5.41) is 0.00794. The van der Waals surface area contributed by atoms with Crippen LogP contribution < -0.4 is 16.1 Å². The maximum atomic E-state index is 11.7. The van der Waals surface area contributed by atoms with Gasteiger partial charge in [-0.2, -0.15) is 0 Å². The van der Waals surface area contributed by atoms with Gasteiger partial charge >= 0.3 is 11.4 Å². The first-order valence-corrected chi connectivity index (χ1v) is 6.59. The molecular weight excluding hydrogens is 260 g/mol. The fraction of sp³-hybridized carbons (Fsp3) is 0.200. The predicted molar refractivity (Wildman–Crippen MR) is 64.0 cm³/mol. The highest BCUT2D eigenvalue weighted by Gasteiger charge is 2.14. The molecule has 7 nitrogen and oxygen atoms in total. The lowest BCUT2D eigenvalue weighted by atomic mass is 10.2. The largest absolute Gasteiger partial charge is 0.419 e. The van der Waals surface area contributed by atoms with E-state index in [-0.39, 0.29) is 22.3 Å². The topological polar surface area (TPSA) is 109 Å². The second kappa shape index (κ2) is 4.39. The molecule has 8 heteroatoms. The van der Waals surface area contributed by atoms with Crippen LogP contribution in [0.1, 0.15) is 6.92 Å². The second-order valence-corrected chi connectivity index (χ2v) is 5.28. The van der Waals surface area contributed by atoms with Gasteiger partial charge < -0.3 is 4.42 Å². The average molecular weight is 270 g/mol. The first kappa shape index (κ1) is 12.5. The van der Waals surface area contributed by atoms with Crippen LogP contribution in [-0.4, -0.2) is 19.9 Å². The Bertz CT molecular complexity index is 803. The molecule has 0 aliphatic carbocycles. The van der Waals surface area contributed by atoms with Gasteiger partial charge in [0.25, 0.3) is 0 Å². The number of nitrogens with one attached hydrogen (secondary N) is 2. The van der Waals surface area contributed by atoms with Gasteiger partial charge in [-0.15, -0.1) is 0 Å². The van der Waals surface area contributed by atoms with Crippen LogP contribution in [0.5, 0.6) is 0 Å². The maximum absolute atomic E-state index is 11.7. The van der Waals surface area contributed by atoms with E-state index in [1.807, 2.05) is 0 Å². The van der Waals surface area contributed by atoms with Crippen LogP contribution in [0, 0.1) is 0 Å². The highest BCUT2D eigenvalue weighted by molar-refractivity contribution is 7.89. The van der Waals surface area contributed by atoms with E-state index in [4.69, 9.17) is 0 Å². The Kier molecular flexibility index (Phi) is 3.05. The lowest BCUT2D eigenvalue weighted by Gasteiger charge is -2.04. The number of sulfonamides is 1. The van der Waals surface area contributed by atoms with Crippen molar-refractivity contribution in [1.29, 1.82) is 0 Å². The number of aromatic amines is 1. The first-order chi connectivity index (χ1) is 8.44. The van der Waals surface area contributed by atoms with Gasteiger partial charge in [-0.3, -0.25) is 4.98 Å². The Morgan fingerprint density at radius 3 is 2.72 bits per heavy atom. The Labute approximate surface area is 102 Å². The molecule has 0 fully saturated rings. The summed E-state index contributed by atoms with van der Waals surface area (Å²) in [6, 6.07) is 3.81. The highest BCUT2D eigenvalue weighted by Crippen LogP contribution is 2.13. The Balaban J connectivity index is 2.72. The monoisotopic (exact) mass is 270 g/mol. The summed E-state index contributed by atoms with van der Waals surface area (Å²) in [6.45, 7) is 1.88. The van der Waals surface area contributed by atoms with E-state index in [1.165, 1.54) is 12.1 Å². The molecule has 2 aromatic rings. The minimum absolute atomic E-state index is 0.00794. The zero-order valence-electron chi connectivity index (χ0n) is 9.39. The number of H-pyrrole nitrogens is 1. The van der Waals surface area contributed by atoms with Gasteiger partial charge in [-0.25, -0.2) is 22.7 Å². The summed E-state index contributed by atoms with van der Waals surface area (Å²) in [4.78, 5) is 24.6. The van der Waals surface area contributed by atoms with Gasteiger partial charge in [-0.1, -0.05) is 6.92 Å². The molecule has 1 aromatic carbocycles. The molecule has 0 bridgehead atoms. The third-order valence-corrected chi connectivity index (χ3v) is 3.82. The molecule has 1 heterocycles. The van der Waals surface area contributed by atoms with E-state index in [0.717, 1.165) is 6.07 Å². The number of hydrogen-bond acceptors (Lipinski definition) is 5. The summed E-state index contributed by atoms with van der Waals surface area (Å²) in [7, 11) is -3.65. The molecule has 0 amide bonds. The molecule has 2 rings (SSSR count). The molecule has 0 spiro atoms. The SMILES string of the molecule is CCNS(=O)(=O)c1ccc2[nH]c(=O)oc(=O)c2c1. The van der Waals surface area contributed by atoms with E-state index in [1.54, 1.807) is 6.92 Å². The molecule has 0 radical (unpaired) electrons. The molecule has 0 saturated heterocycles. The number of hydrogen-bond donors (Lipinski definition) is 2. The zero-order chi connectivity index (χ0) is 13.3. The lowest BCUT2D eigenvalue weighted by Crippen LogP contribution is -2.23. The third-order valence-electron chi connectivity index (χ3n) is 2.28. The standard InChI is InChI=1S/C10H10N2O5S/c1-2-11-18(15,16)6-3-4-8-7(5-6)9(13)17-10(14)12-8/h3-5,11H,2H2,1H3,(H,12,14). The highest BCUT2D eigenvalue weighted by atomic mass is 32.2. The summed E-state index contributed by atoms with van der Waals surface area (Å²) < 4.78 is 30.1. The number of rotatable bonds is 3. The molecule has 2 N–H and O–H groups in total. The Morgan fingerprint density at radius 2 is 2.06 bits per heavy atom. The minimum Gasteiger partial charge on any atom is -0.372 e. The zero-order valence-corrected chi connectivity index (χ0v) is 10.2. The molecule has 0 aliphatic rings. The van der Waals surface area contributed by atoms with Crippen molar-refractivity contribution in [3.8, 4) is 0 Å². The van der Waals surface area contributed by atoms with Crippen LogP contribution in [0.2, 0.25) is 0 Å². The van der Waals surface area contributed by atoms with Crippen LogP contribution in [0.25, 0.3) is 10.9 Å². The molecule has 0 unspecified atom stereocenters. The predicted octanol–water partition coefficient (Wildman–Crippen LogP) is -0.221. The van der Waals surface area contributed by atoms with Crippen LogP contribution >= 0.6 is 0 Å². The Morgan fingerprint density at radius 1 is 1.33 bits per heavy atom. The van der Waals surface area contributed by atoms with Gasteiger partial charge in [0.05, 0.1) is 15.8 Å². The van der Waals surface area contributed by atoms with Crippen molar-refractivity contribution in [3.63, 3.8) is 0 Å². The molecule has 18 heavy (non-hydrogen) atoms. The van der Waals surface area contributed by atoms with Crippen molar-refractivity contribution in [2.75, 3.05) is 6.54 Å². The molecule has 0 atom stereocenters. The van der Waals surface area contributed by atoms with Crippen LogP contribution in [0.3, 0.4) is 0 Å². The lowest BCUT2D eigenvalue weighted by molar-refractivity contribution is 0.460. The van der Waals surface area contributed by atoms with E-state index in [0.29, 0.717) is 0 Å². The van der Waals surface area contributed by atoms with Crippen molar-refractivity contribution < 1.29 is 12.8 Å². The molecule has 0 aliphatic heterocycles. The van der Waals surface area contributed by atoms with Gasteiger partial charge in [0.1, 0.15) is 0 Å². The van der Waals surface area contributed by atoms with E-state index in [9.17, 15) is 18.0 Å². The van der Waals surface area contributed by atoms with Crippen molar-refractivity contribution >= 4 is 20.9 Å². The summed E-state index contributed by atoms with van der Waals surface area (Å²) in [6.07, 6.45) is 0. The number of aromatic nitrogens is 1. The fourth-order valence-electron chi connectivity index (χ4n) is 1.52. The summed E-state index contributed by atoms with van der Waals surface area (Å²) in [5.41, 5.74) is -0.644. The van der Waals surface area contributed by atoms with Crippen molar-refractivity contribution in [2.24, 2.45) is 0 Å². The van der Waals surface area contributed by atoms with Gasteiger partial charge in [-0.05, 0) is 18.2 Å².